The van der Waals surface area contributed by atoms with Gasteiger partial charge in [-0.25, -0.2) is 0 Å². The lowest BCUT2D eigenvalue weighted by molar-refractivity contribution is 0.312. The van der Waals surface area contributed by atoms with Gasteiger partial charge in [0.2, 0.25) is 0 Å². The third kappa shape index (κ3) is 2.02. The van der Waals surface area contributed by atoms with Crippen molar-refractivity contribution in [3.05, 3.63) is 52.9 Å². The van der Waals surface area contributed by atoms with E-state index in [-0.39, 0.29) is 0 Å². The molecule has 0 aliphatic heterocycles. The quantitative estimate of drug-likeness (QED) is 0.730. The molecule has 2 N–H and O–H groups in total. The number of fused-ring (bicyclic) bond motifs is 1. The molecule has 0 bridgehead atoms. The van der Waals surface area contributed by atoms with E-state index in [0.717, 1.165) is 10.9 Å². The van der Waals surface area contributed by atoms with E-state index in [2.05, 4.69) is 4.98 Å². The molecule has 0 radical (unpaired) electrons. The molecule has 0 aliphatic carbocycles. The highest BCUT2D eigenvalue weighted by molar-refractivity contribution is 7.09. The first-order valence-corrected chi connectivity index (χ1v) is 6.51. The molecule has 0 spiro atoms. The van der Waals surface area contributed by atoms with Gasteiger partial charge in [-0.05, 0) is 35.7 Å². The molecule has 90 valence electrons. The molecule has 3 aromatic rings. The van der Waals surface area contributed by atoms with Crippen LogP contribution in [0.5, 0.6) is 5.75 Å². The van der Waals surface area contributed by atoms with Gasteiger partial charge in [-0.2, -0.15) is 0 Å². The maximum atomic E-state index is 6.10. The molecule has 4 heteroatoms. The fourth-order valence-electron chi connectivity index (χ4n) is 1.82. The van der Waals surface area contributed by atoms with Crippen molar-refractivity contribution in [2.45, 2.75) is 6.61 Å². The van der Waals surface area contributed by atoms with Crippen molar-refractivity contribution in [3.63, 3.8) is 0 Å². The van der Waals surface area contributed by atoms with Crippen molar-refractivity contribution in [1.29, 1.82) is 0 Å². The molecule has 0 saturated carbocycles. The van der Waals surface area contributed by atoms with Crippen LogP contribution in [0.15, 0.2) is 48.0 Å². The van der Waals surface area contributed by atoms with Gasteiger partial charge < -0.3 is 10.5 Å². The molecule has 3 nitrogen and oxygen atoms in total. The van der Waals surface area contributed by atoms with E-state index in [9.17, 15) is 0 Å². The van der Waals surface area contributed by atoms with Crippen LogP contribution in [0.25, 0.3) is 10.9 Å². The number of ether oxygens (including phenoxy) is 1. The number of hydrogen-bond acceptors (Lipinski definition) is 4. The summed E-state index contributed by atoms with van der Waals surface area (Å²) < 4.78 is 5.75. The summed E-state index contributed by atoms with van der Waals surface area (Å²) in [6.07, 6.45) is 1.76. The van der Waals surface area contributed by atoms with Crippen molar-refractivity contribution in [2.75, 3.05) is 5.73 Å². The number of hydrogen-bond donors (Lipinski definition) is 1. The van der Waals surface area contributed by atoms with Crippen LogP contribution < -0.4 is 10.5 Å². The molecule has 0 saturated heterocycles. The van der Waals surface area contributed by atoms with Crippen LogP contribution in [-0.2, 0) is 6.61 Å². The Morgan fingerprint density at radius 3 is 2.94 bits per heavy atom. The molecule has 18 heavy (non-hydrogen) atoms. The SMILES string of the molecule is Nc1c(OCc2cccs2)ccc2ncccc12. The average molecular weight is 256 g/mol. The van der Waals surface area contributed by atoms with Gasteiger partial charge >= 0.3 is 0 Å². The molecule has 2 heterocycles. The largest absolute Gasteiger partial charge is 0.486 e. The van der Waals surface area contributed by atoms with Crippen LogP contribution in [0.1, 0.15) is 4.88 Å². The second-order valence-corrected chi connectivity index (χ2v) is 4.95. The number of aromatic nitrogens is 1. The molecule has 1 aromatic carbocycles. The van der Waals surface area contributed by atoms with Gasteiger partial charge in [-0.15, -0.1) is 11.3 Å². The van der Waals surface area contributed by atoms with Crippen molar-refractivity contribution < 1.29 is 4.74 Å². The first-order valence-electron chi connectivity index (χ1n) is 5.63. The number of nitrogen functional groups attached to an aromatic ring is 1. The number of anilines is 1. The van der Waals surface area contributed by atoms with Crippen LogP contribution in [0.3, 0.4) is 0 Å². The summed E-state index contributed by atoms with van der Waals surface area (Å²) >= 11 is 1.67. The van der Waals surface area contributed by atoms with Crippen LogP contribution in [0, 0.1) is 0 Å². The predicted molar refractivity (Wildman–Crippen MR) is 74.8 cm³/mol. The maximum absolute atomic E-state index is 6.10. The third-order valence-corrected chi connectivity index (χ3v) is 3.59. The molecular weight excluding hydrogens is 244 g/mol. The minimum Gasteiger partial charge on any atom is -0.486 e. The van der Waals surface area contributed by atoms with E-state index in [1.165, 1.54) is 4.88 Å². The van der Waals surface area contributed by atoms with Crippen LogP contribution >= 0.6 is 11.3 Å². The van der Waals surface area contributed by atoms with Gasteiger partial charge in [0.15, 0.2) is 0 Å². The minimum absolute atomic E-state index is 0.549. The van der Waals surface area contributed by atoms with Crippen molar-refractivity contribution in [3.8, 4) is 5.75 Å². The van der Waals surface area contributed by atoms with Gasteiger partial charge in [0.05, 0.1) is 11.2 Å². The molecule has 0 aliphatic rings. The number of nitrogens with two attached hydrogens (primary N) is 1. The third-order valence-electron chi connectivity index (χ3n) is 2.74. The van der Waals surface area contributed by atoms with E-state index < -0.39 is 0 Å². The Morgan fingerprint density at radius 1 is 1.17 bits per heavy atom. The van der Waals surface area contributed by atoms with Gasteiger partial charge in [0, 0.05) is 16.5 Å². The van der Waals surface area contributed by atoms with E-state index in [1.54, 1.807) is 17.5 Å². The lowest BCUT2D eigenvalue weighted by Crippen LogP contribution is -1.98. The first-order chi connectivity index (χ1) is 8.84. The molecular formula is C14H12N2OS. The zero-order valence-electron chi connectivity index (χ0n) is 9.67. The molecule has 0 fully saturated rings. The zero-order chi connectivity index (χ0) is 12.4. The highest BCUT2D eigenvalue weighted by atomic mass is 32.1. The highest BCUT2D eigenvalue weighted by Crippen LogP contribution is 2.30. The lowest BCUT2D eigenvalue weighted by Gasteiger charge is -2.09. The Hall–Kier alpha value is -2.07. The number of thiophene rings is 1. The Bertz CT molecular complexity index is 665. The first kappa shape index (κ1) is 11.0. The smallest absolute Gasteiger partial charge is 0.143 e. The Kier molecular flexibility index (Phi) is 2.86. The number of nitrogens with zero attached hydrogens (tertiary/aromatic N) is 1. The van der Waals surface area contributed by atoms with Crippen molar-refractivity contribution >= 4 is 27.9 Å². The second-order valence-electron chi connectivity index (χ2n) is 3.92. The summed E-state index contributed by atoms with van der Waals surface area (Å²) in [5, 5.41) is 2.97. The van der Waals surface area contributed by atoms with Gasteiger partial charge in [0.25, 0.3) is 0 Å². The summed E-state index contributed by atoms with van der Waals surface area (Å²) in [5.41, 5.74) is 7.63. The lowest BCUT2D eigenvalue weighted by atomic mass is 10.1. The minimum atomic E-state index is 0.549. The fourth-order valence-corrected chi connectivity index (χ4v) is 2.44. The number of benzene rings is 1. The van der Waals surface area contributed by atoms with Crippen molar-refractivity contribution in [2.24, 2.45) is 0 Å². The number of pyridine rings is 1. The highest BCUT2D eigenvalue weighted by Gasteiger charge is 2.06. The normalized spacial score (nSPS) is 10.7. The summed E-state index contributed by atoms with van der Waals surface area (Å²) in [6.45, 7) is 0.549. The average Bonchev–Trinajstić information content (AvgIpc) is 2.91. The topological polar surface area (TPSA) is 48.1 Å². The van der Waals surface area contributed by atoms with Gasteiger partial charge in [0.1, 0.15) is 12.4 Å². The maximum Gasteiger partial charge on any atom is 0.143 e. The Morgan fingerprint density at radius 2 is 2.11 bits per heavy atom. The van der Waals surface area contributed by atoms with E-state index in [1.807, 2.05) is 41.8 Å². The molecule has 0 amide bonds. The van der Waals surface area contributed by atoms with Gasteiger partial charge in [-0.1, -0.05) is 6.07 Å². The molecule has 0 unspecified atom stereocenters. The van der Waals surface area contributed by atoms with Crippen LogP contribution in [-0.4, -0.2) is 4.98 Å². The van der Waals surface area contributed by atoms with E-state index in [0.29, 0.717) is 18.0 Å². The zero-order valence-corrected chi connectivity index (χ0v) is 10.5. The van der Waals surface area contributed by atoms with E-state index >= 15 is 0 Å². The Labute approximate surface area is 109 Å². The van der Waals surface area contributed by atoms with Crippen LogP contribution in [0.2, 0.25) is 0 Å². The number of rotatable bonds is 3. The summed E-state index contributed by atoms with van der Waals surface area (Å²) in [6, 6.07) is 11.7. The molecule has 0 atom stereocenters. The molecule has 3 rings (SSSR count). The summed E-state index contributed by atoms with van der Waals surface area (Å²) in [5.74, 6) is 0.712. The van der Waals surface area contributed by atoms with Gasteiger partial charge in [-0.3, -0.25) is 4.98 Å². The van der Waals surface area contributed by atoms with Crippen molar-refractivity contribution in [1.82, 2.24) is 4.98 Å². The standard InChI is InChI=1S/C14H12N2OS/c15-14-11-4-1-7-16-12(11)5-6-13(14)17-9-10-3-2-8-18-10/h1-8H,9,15H2. The fraction of sp³-hybridized carbons (Fsp3) is 0.0714. The Balaban J connectivity index is 1.90. The predicted octanol–water partition coefficient (Wildman–Crippen LogP) is 3.46. The summed E-state index contributed by atoms with van der Waals surface area (Å²) in [7, 11) is 0. The van der Waals surface area contributed by atoms with E-state index in [4.69, 9.17) is 10.5 Å². The summed E-state index contributed by atoms with van der Waals surface area (Å²) in [4.78, 5) is 5.44. The van der Waals surface area contributed by atoms with Crippen LogP contribution in [0.4, 0.5) is 5.69 Å². The second kappa shape index (κ2) is 4.66. The molecule has 2 aromatic heterocycles. The monoisotopic (exact) mass is 256 g/mol.